The number of carboxylic acid groups (broad SMARTS) is 1. The normalized spacial score (nSPS) is 12.0. The molecule has 3 N–H and O–H groups in total. The average molecular weight is 298 g/mol. The first-order chi connectivity index (χ1) is 8.53. The van der Waals surface area contributed by atoms with Crippen LogP contribution in [0, 0.1) is 6.92 Å². The third-order valence-electron chi connectivity index (χ3n) is 2.04. The van der Waals surface area contributed by atoms with Gasteiger partial charge < -0.3 is 5.11 Å². The summed E-state index contributed by atoms with van der Waals surface area (Å²) in [6, 6.07) is 3.51. The minimum atomic E-state index is -5.54. The van der Waals surface area contributed by atoms with Crippen LogP contribution in [0.2, 0.25) is 0 Å². The van der Waals surface area contributed by atoms with Crippen LogP contribution in [0.25, 0.3) is 0 Å². The van der Waals surface area contributed by atoms with Gasteiger partial charge in [0, 0.05) is 5.69 Å². The van der Waals surface area contributed by atoms with E-state index in [1.165, 1.54) is 23.8 Å². The van der Waals surface area contributed by atoms with E-state index in [0.717, 1.165) is 6.07 Å². The minimum Gasteiger partial charge on any atom is -0.465 e. The molecule has 0 fully saturated rings. The fraction of sp³-hybridized carbons (Fsp3) is 0.222. The smallest absolute Gasteiger partial charge is 0.465 e. The molecule has 0 bridgehead atoms. The van der Waals surface area contributed by atoms with E-state index in [-0.39, 0.29) is 16.9 Å². The third kappa shape index (κ3) is 3.74. The van der Waals surface area contributed by atoms with E-state index < -0.39 is 21.6 Å². The standard InChI is InChI=1S/C9H9F3N2O4S/c1-5-2-3-6(13-8(15)16)4-7(5)14-19(17,18)9(10,11)12/h2-4,13-14H,1H3,(H,15,16). The Balaban J connectivity index is 3.11. The molecule has 10 heteroatoms. The van der Waals surface area contributed by atoms with Crippen molar-refractivity contribution in [2.24, 2.45) is 0 Å². The number of benzene rings is 1. The van der Waals surface area contributed by atoms with Gasteiger partial charge in [-0.15, -0.1) is 0 Å². The van der Waals surface area contributed by atoms with Crippen molar-refractivity contribution >= 4 is 27.5 Å². The zero-order valence-electron chi connectivity index (χ0n) is 9.45. The summed E-state index contributed by atoms with van der Waals surface area (Å²) < 4.78 is 59.8. The molecule has 6 nitrogen and oxygen atoms in total. The highest BCUT2D eigenvalue weighted by molar-refractivity contribution is 7.93. The number of hydrogen-bond donors (Lipinski definition) is 3. The molecule has 0 heterocycles. The van der Waals surface area contributed by atoms with Gasteiger partial charge >= 0.3 is 21.6 Å². The van der Waals surface area contributed by atoms with Crippen LogP contribution in [-0.4, -0.2) is 25.1 Å². The van der Waals surface area contributed by atoms with Crippen LogP contribution < -0.4 is 10.0 Å². The first-order valence-electron chi connectivity index (χ1n) is 4.72. The van der Waals surface area contributed by atoms with E-state index in [1.54, 1.807) is 0 Å². The number of halogens is 3. The summed E-state index contributed by atoms with van der Waals surface area (Å²) in [4.78, 5) is 10.4. The molecule has 0 saturated carbocycles. The van der Waals surface area contributed by atoms with Crippen LogP contribution >= 0.6 is 0 Å². The number of amides is 1. The lowest BCUT2D eigenvalue weighted by atomic mass is 10.2. The monoisotopic (exact) mass is 298 g/mol. The van der Waals surface area contributed by atoms with E-state index in [1.807, 2.05) is 5.32 Å². The van der Waals surface area contributed by atoms with Gasteiger partial charge in [-0.1, -0.05) is 6.07 Å². The second-order valence-electron chi connectivity index (χ2n) is 3.51. The van der Waals surface area contributed by atoms with E-state index in [9.17, 15) is 26.4 Å². The van der Waals surface area contributed by atoms with E-state index in [2.05, 4.69) is 0 Å². The summed E-state index contributed by atoms with van der Waals surface area (Å²) in [7, 11) is -5.54. The van der Waals surface area contributed by atoms with E-state index in [0.29, 0.717) is 0 Å². The lowest BCUT2D eigenvalue weighted by Crippen LogP contribution is -2.30. The number of carbonyl (C=O) groups is 1. The van der Waals surface area contributed by atoms with Gasteiger partial charge in [0.05, 0.1) is 5.69 Å². The Morgan fingerprint density at radius 3 is 2.37 bits per heavy atom. The second-order valence-corrected chi connectivity index (χ2v) is 5.19. The van der Waals surface area contributed by atoms with Gasteiger partial charge in [0.2, 0.25) is 0 Å². The maximum atomic E-state index is 12.2. The molecule has 1 amide bonds. The van der Waals surface area contributed by atoms with Gasteiger partial charge in [-0.25, -0.2) is 4.79 Å². The molecule has 0 aliphatic rings. The van der Waals surface area contributed by atoms with Crippen molar-refractivity contribution in [3.05, 3.63) is 23.8 Å². The van der Waals surface area contributed by atoms with Crippen molar-refractivity contribution in [3.63, 3.8) is 0 Å². The third-order valence-corrected chi connectivity index (χ3v) is 3.14. The molecule has 0 radical (unpaired) electrons. The molecule has 0 saturated heterocycles. The lowest BCUT2D eigenvalue weighted by Gasteiger charge is -2.13. The highest BCUT2D eigenvalue weighted by Gasteiger charge is 2.46. The van der Waals surface area contributed by atoms with Crippen molar-refractivity contribution in [1.29, 1.82) is 0 Å². The zero-order valence-corrected chi connectivity index (χ0v) is 10.3. The van der Waals surface area contributed by atoms with Crippen LogP contribution in [0.3, 0.4) is 0 Å². The van der Waals surface area contributed by atoms with Gasteiger partial charge in [0.25, 0.3) is 0 Å². The Labute approximate surface area is 106 Å². The summed E-state index contributed by atoms with van der Waals surface area (Å²) in [5.74, 6) is 0. The van der Waals surface area contributed by atoms with E-state index >= 15 is 0 Å². The summed E-state index contributed by atoms with van der Waals surface area (Å²) in [6.45, 7) is 1.37. The van der Waals surface area contributed by atoms with Crippen LogP contribution in [-0.2, 0) is 10.0 Å². The summed E-state index contributed by atoms with van der Waals surface area (Å²) in [6.07, 6.45) is -1.42. The van der Waals surface area contributed by atoms with Crippen molar-refractivity contribution in [1.82, 2.24) is 0 Å². The Morgan fingerprint density at radius 1 is 1.32 bits per heavy atom. The highest BCUT2D eigenvalue weighted by atomic mass is 32.2. The maximum absolute atomic E-state index is 12.2. The fourth-order valence-electron chi connectivity index (χ4n) is 1.14. The maximum Gasteiger partial charge on any atom is 0.516 e. The van der Waals surface area contributed by atoms with Crippen molar-refractivity contribution in [3.8, 4) is 0 Å². The van der Waals surface area contributed by atoms with Crippen molar-refractivity contribution in [2.45, 2.75) is 12.4 Å². The Morgan fingerprint density at radius 2 is 1.89 bits per heavy atom. The molecule has 1 aromatic carbocycles. The number of alkyl halides is 3. The number of aryl methyl sites for hydroxylation is 1. The molecule has 0 aliphatic heterocycles. The summed E-state index contributed by atoms with van der Waals surface area (Å²) >= 11 is 0. The molecule has 19 heavy (non-hydrogen) atoms. The number of sulfonamides is 1. The first-order valence-corrected chi connectivity index (χ1v) is 6.21. The van der Waals surface area contributed by atoms with Gasteiger partial charge in [0.1, 0.15) is 0 Å². The highest BCUT2D eigenvalue weighted by Crippen LogP contribution is 2.28. The Hall–Kier alpha value is -1.97. The molecule has 0 aromatic heterocycles. The molecule has 0 spiro atoms. The zero-order chi connectivity index (χ0) is 14.8. The predicted octanol–water partition coefficient (Wildman–Crippen LogP) is 2.35. The van der Waals surface area contributed by atoms with Crippen molar-refractivity contribution < 1.29 is 31.5 Å². The van der Waals surface area contributed by atoms with Crippen LogP contribution in [0.1, 0.15) is 5.56 Å². The number of nitrogens with one attached hydrogen (secondary N) is 2. The van der Waals surface area contributed by atoms with Crippen LogP contribution in [0.15, 0.2) is 18.2 Å². The molecule has 0 unspecified atom stereocenters. The van der Waals surface area contributed by atoms with Crippen LogP contribution in [0.4, 0.5) is 29.3 Å². The molecular formula is C9H9F3N2O4S. The molecule has 106 valence electrons. The first kappa shape index (κ1) is 15.1. The molecule has 1 aromatic rings. The van der Waals surface area contributed by atoms with Crippen LogP contribution in [0.5, 0.6) is 0 Å². The van der Waals surface area contributed by atoms with Crippen molar-refractivity contribution in [2.75, 3.05) is 10.0 Å². The predicted molar refractivity (Wildman–Crippen MR) is 61.4 cm³/mol. The molecule has 1 rings (SSSR count). The molecular weight excluding hydrogens is 289 g/mol. The van der Waals surface area contributed by atoms with Gasteiger partial charge in [-0.05, 0) is 24.6 Å². The lowest BCUT2D eigenvalue weighted by molar-refractivity contribution is -0.0429. The Bertz CT molecular complexity index is 598. The van der Waals surface area contributed by atoms with E-state index in [4.69, 9.17) is 5.11 Å². The molecule has 0 aliphatic carbocycles. The van der Waals surface area contributed by atoms with Gasteiger partial charge in [0.15, 0.2) is 0 Å². The average Bonchev–Trinajstić information content (AvgIpc) is 2.20. The fourth-order valence-corrected chi connectivity index (χ4v) is 1.76. The topological polar surface area (TPSA) is 95.5 Å². The van der Waals surface area contributed by atoms with Gasteiger partial charge in [-0.2, -0.15) is 21.6 Å². The molecule has 0 atom stereocenters. The number of hydrogen-bond acceptors (Lipinski definition) is 3. The minimum absolute atomic E-state index is 0.0574. The summed E-state index contributed by atoms with van der Waals surface area (Å²) in [5.41, 5.74) is -5.65. The Kier molecular flexibility index (Phi) is 3.94. The largest absolute Gasteiger partial charge is 0.516 e. The quantitative estimate of drug-likeness (QED) is 0.798. The SMILES string of the molecule is Cc1ccc(NC(=O)O)cc1NS(=O)(=O)C(F)(F)F. The summed E-state index contributed by atoms with van der Waals surface area (Å²) in [5, 5.41) is 10.4. The second kappa shape index (κ2) is 4.96. The number of rotatable bonds is 3. The number of anilines is 2. The van der Waals surface area contributed by atoms with Gasteiger partial charge in [-0.3, -0.25) is 10.0 Å².